The minimum absolute atomic E-state index is 0.135. The zero-order valence-corrected chi connectivity index (χ0v) is 16.1. The Morgan fingerprint density at radius 1 is 1.31 bits per heavy atom. The van der Waals surface area contributed by atoms with Gasteiger partial charge < -0.3 is 9.47 Å². The van der Waals surface area contributed by atoms with E-state index in [1.807, 2.05) is 12.1 Å². The van der Waals surface area contributed by atoms with Crippen LogP contribution in [0, 0.1) is 5.92 Å². The van der Waals surface area contributed by atoms with Crippen molar-refractivity contribution in [3.63, 3.8) is 0 Å². The van der Waals surface area contributed by atoms with Gasteiger partial charge in [0.1, 0.15) is 5.69 Å². The summed E-state index contributed by atoms with van der Waals surface area (Å²) in [6.07, 6.45) is 3.07. The van der Waals surface area contributed by atoms with Crippen molar-refractivity contribution in [3.8, 4) is 11.5 Å². The molecule has 2 aromatic rings. The molecule has 0 fully saturated rings. The van der Waals surface area contributed by atoms with E-state index in [2.05, 4.69) is 24.1 Å². The lowest BCUT2D eigenvalue weighted by Gasteiger charge is -2.12. The number of hydrogen-bond donors (Lipinski definition) is 1. The molecular formula is C19H22N2O4S. The van der Waals surface area contributed by atoms with Gasteiger partial charge in [-0.3, -0.25) is 14.9 Å². The summed E-state index contributed by atoms with van der Waals surface area (Å²) in [5.41, 5.74) is 1.15. The van der Waals surface area contributed by atoms with Crippen molar-refractivity contribution < 1.29 is 19.1 Å². The second-order valence-electron chi connectivity index (χ2n) is 6.03. The van der Waals surface area contributed by atoms with E-state index in [4.69, 9.17) is 9.47 Å². The maximum Gasteiger partial charge on any atom is 0.250 e. The van der Waals surface area contributed by atoms with E-state index < -0.39 is 0 Å². The van der Waals surface area contributed by atoms with Crippen LogP contribution in [0.4, 0.5) is 5.13 Å². The number of rotatable bonds is 8. The van der Waals surface area contributed by atoms with Gasteiger partial charge in [-0.2, -0.15) is 0 Å². The molecule has 1 N–H and O–H groups in total. The maximum atomic E-state index is 12.0. The third kappa shape index (κ3) is 5.70. The van der Waals surface area contributed by atoms with Gasteiger partial charge in [-0.15, -0.1) is 11.3 Å². The van der Waals surface area contributed by atoms with Crippen LogP contribution in [0.5, 0.6) is 11.5 Å². The number of aromatic nitrogens is 1. The highest BCUT2D eigenvalue weighted by atomic mass is 32.1. The number of ketones is 1. The maximum absolute atomic E-state index is 12.0. The van der Waals surface area contributed by atoms with Crippen molar-refractivity contribution in [2.24, 2.45) is 5.92 Å². The Morgan fingerprint density at radius 3 is 2.69 bits per heavy atom. The van der Waals surface area contributed by atoms with Crippen molar-refractivity contribution in [1.29, 1.82) is 0 Å². The smallest absolute Gasteiger partial charge is 0.250 e. The summed E-state index contributed by atoms with van der Waals surface area (Å²) in [6, 6.07) is 5.47. The molecular weight excluding hydrogens is 352 g/mol. The van der Waals surface area contributed by atoms with Crippen LogP contribution >= 0.6 is 11.3 Å². The minimum atomic E-state index is -0.325. The third-order valence-electron chi connectivity index (χ3n) is 3.28. The molecule has 1 aromatic carbocycles. The van der Waals surface area contributed by atoms with Gasteiger partial charge in [0.15, 0.2) is 22.4 Å². The second kappa shape index (κ2) is 9.15. The van der Waals surface area contributed by atoms with Gasteiger partial charge in [-0.25, -0.2) is 4.98 Å². The predicted octanol–water partition coefficient (Wildman–Crippen LogP) is 4.04. The predicted molar refractivity (Wildman–Crippen MR) is 103 cm³/mol. The quantitative estimate of drug-likeness (QED) is 0.557. The molecule has 0 aliphatic rings. The molecule has 0 saturated carbocycles. The molecule has 0 bridgehead atoms. The van der Waals surface area contributed by atoms with Crippen LogP contribution in [0.15, 0.2) is 29.7 Å². The lowest BCUT2D eigenvalue weighted by atomic mass is 10.2. The number of amides is 1. The molecule has 138 valence electrons. The number of Topliss-reactive ketones (excluding diaryl/α,β-unsaturated/α-hetero) is 1. The molecule has 0 saturated heterocycles. The monoisotopic (exact) mass is 374 g/mol. The molecule has 2 rings (SSSR count). The van der Waals surface area contributed by atoms with E-state index in [-0.39, 0.29) is 11.7 Å². The lowest BCUT2D eigenvalue weighted by molar-refractivity contribution is -0.111. The highest BCUT2D eigenvalue weighted by molar-refractivity contribution is 7.14. The SMILES string of the molecule is COc1cc(/C=C/C(=O)Nc2nc(C(C)=O)cs2)ccc1OCC(C)C. The van der Waals surface area contributed by atoms with Crippen molar-refractivity contribution >= 4 is 34.2 Å². The number of carbonyl (C=O) groups excluding carboxylic acids is 2. The van der Waals surface area contributed by atoms with Gasteiger partial charge in [-0.1, -0.05) is 19.9 Å². The fourth-order valence-electron chi connectivity index (χ4n) is 1.98. The van der Waals surface area contributed by atoms with Gasteiger partial charge >= 0.3 is 0 Å². The largest absolute Gasteiger partial charge is 0.493 e. The molecule has 26 heavy (non-hydrogen) atoms. The summed E-state index contributed by atoms with van der Waals surface area (Å²) in [4.78, 5) is 27.3. The van der Waals surface area contributed by atoms with Gasteiger partial charge in [0.2, 0.25) is 5.91 Å². The Morgan fingerprint density at radius 2 is 2.08 bits per heavy atom. The first-order valence-corrected chi connectivity index (χ1v) is 9.03. The lowest BCUT2D eigenvalue weighted by Crippen LogP contribution is -2.08. The average molecular weight is 374 g/mol. The number of benzene rings is 1. The zero-order chi connectivity index (χ0) is 19.1. The summed E-state index contributed by atoms with van der Waals surface area (Å²) in [5, 5.41) is 4.64. The Hall–Kier alpha value is -2.67. The second-order valence-corrected chi connectivity index (χ2v) is 6.89. The fourth-order valence-corrected chi connectivity index (χ4v) is 2.73. The molecule has 0 atom stereocenters. The molecule has 0 unspecified atom stereocenters. The van der Waals surface area contributed by atoms with Crippen molar-refractivity contribution in [1.82, 2.24) is 4.98 Å². The number of methoxy groups -OCH3 is 1. The van der Waals surface area contributed by atoms with E-state index in [0.29, 0.717) is 34.8 Å². The zero-order valence-electron chi connectivity index (χ0n) is 15.2. The van der Waals surface area contributed by atoms with Crippen LogP contribution in [0.1, 0.15) is 36.8 Å². The summed E-state index contributed by atoms with van der Waals surface area (Å²) in [5.74, 6) is 1.23. The van der Waals surface area contributed by atoms with Gasteiger partial charge in [0, 0.05) is 18.4 Å². The van der Waals surface area contributed by atoms with E-state index >= 15 is 0 Å². The van der Waals surface area contributed by atoms with Crippen molar-refractivity contribution in [2.45, 2.75) is 20.8 Å². The number of ether oxygens (including phenoxy) is 2. The van der Waals surface area contributed by atoms with Gasteiger partial charge in [0.05, 0.1) is 13.7 Å². The molecule has 0 aliphatic heterocycles. The molecule has 0 spiro atoms. The number of thiazole rings is 1. The molecule has 0 radical (unpaired) electrons. The Labute approximate surface area is 156 Å². The van der Waals surface area contributed by atoms with E-state index in [0.717, 1.165) is 5.56 Å². The minimum Gasteiger partial charge on any atom is -0.493 e. The standard InChI is InChI=1S/C19H22N2O4S/c1-12(2)10-25-16-7-5-14(9-17(16)24-4)6-8-18(23)21-19-20-15(11-26-19)13(3)22/h5-9,11-12H,10H2,1-4H3,(H,20,21,23)/b8-6+. The highest BCUT2D eigenvalue weighted by Crippen LogP contribution is 2.29. The normalized spacial score (nSPS) is 11.0. The molecule has 0 aliphatic carbocycles. The number of nitrogens with zero attached hydrogens (tertiary/aromatic N) is 1. The molecule has 7 heteroatoms. The van der Waals surface area contributed by atoms with Crippen LogP contribution < -0.4 is 14.8 Å². The molecule has 1 heterocycles. The van der Waals surface area contributed by atoms with Crippen molar-refractivity contribution in [3.05, 3.63) is 40.9 Å². The van der Waals surface area contributed by atoms with Gasteiger partial charge in [-0.05, 0) is 29.7 Å². The first kappa shape index (κ1) is 19.7. The Bertz CT molecular complexity index is 812. The number of anilines is 1. The topological polar surface area (TPSA) is 77.5 Å². The van der Waals surface area contributed by atoms with E-state index in [1.165, 1.54) is 24.3 Å². The summed E-state index contributed by atoms with van der Waals surface area (Å²) >= 11 is 1.21. The molecule has 1 aromatic heterocycles. The van der Waals surface area contributed by atoms with Crippen LogP contribution in [0.25, 0.3) is 6.08 Å². The number of hydrogen-bond acceptors (Lipinski definition) is 6. The molecule has 1 amide bonds. The number of nitrogens with one attached hydrogen (secondary N) is 1. The van der Waals surface area contributed by atoms with Crippen LogP contribution in [-0.2, 0) is 4.79 Å². The average Bonchev–Trinajstić information content (AvgIpc) is 3.07. The van der Waals surface area contributed by atoms with E-state index in [1.54, 1.807) is 24.6 Å². The van der Waals surface area contributed by atoms with Crippen LogP contribution in [0.2, 0.25) is 0 Å². The Balaban J connectivity index is 2.01. The highest BCUT2D eigenvalue weighted by Gasteiger charge is 2.08. The third-order valence-corrected chi connectivity index (χ3v) is 4.04. The van der Waals surface area contributed by atoms with Crippen molar-refractivity contribution in [2.75, 3.05) is 19.0 Å². The number of carbonyl (C=O) groups is 2. The van der Waals surface area contributed by atoms with Crippen LogP contribution in [-0.4, -0.2) is 30.4 Å². The fraction of sp³-hybridized carbons (Fsp3) is 0.316. The van der Waals surface area contributed by atoms with Gasteiger partial charge in [0.25, 0.3) is 0 Å². The van der Waals surface area contributed by atoms with Crippen LogP contribution in [0.3, 0.4) is 0 Å². The first-order valence-electron chi connectivity index (χ1n) is 8.15. The Kier molecular flexibility index (Phi) is 6.91. The summed E-state index contributed by atoms with van der Waals surface area (Å²) in [6.45, 7) is 6.18. The molecule has 6 nitrogen and oxygen atoms in total. The first-order chi connectivity index (χ1) is 12.4. The van der Waals surface area contributed by atoms with E-state index in [9.17, 15) is 9.59 Å². The summed E-state index contributed by atoms with van der Waals surface area (Å²) in [7, 11) is 1.58. The summed E-state index contributed by atoms with van der Waals surface area (Å²) < 4.78 is 11.1.